The van der Waals surface area contributed by atoms with E-state index in [4.69, 9.17) is 23.7 Å². The van der Waals surface area contributed by atoms with Crippen molar-refractivity contribution in [3.05, 3.63) is 47.7 Å². The van der Waals surface area contributed by atoms with E-state index in [9.17, 15) is 9.59 Å². The number of rotatable bonds is 10. The molecule has 9 heteroatoms. The smallest absolute Gasteiger partial charge is 0.412 e. The number of amides is 1. The summed E-state index contributed by atoms with van der Waals surface area (Å²) in [6, 6.07) is 6.95. The Morgan fingerprint density at radius 3 is 2.56 bits per heavy atom. The lowest BCUT2D eigenvalue weighted by Gasteiger charge is -2.19. The van der Waals surface area contributed by atoms with Crippen LogP contribution in [0, 0.1) is 6.92 Å². The third kappa shape index (κ3) is 9.11. The maximum Gasteiger partial charge on any atom is 0.412 e. The number of esters is 1. The normalized spacial score (nSPS) is 11.2. The van der Waals surface area contributed by atoms with Crippen LogP contribution >= 0.6 is 0 Å². The molecule has 1 N–H and O–H groups in total. The molecule has 0 atom stereocenters. The molecule has 0 bridgehead atoms. The van der Waals surface area contributed by atoms with Crippen molar-refractivity contribution < 1.29 is 33.3 Å². The van der Waals surface area contributed by atoms with Crippen molar-refractivity contribution in [3.63, 3.8) is 0 Å². The van der Waals surface area contributed by atoms with E-state index in [1.807, 2.05) is 0 Å². The van der Waals surface area contributed by atoms with Crippen LogP contribution in [0.2, 0.25) is 0 Å². The van der Waals surface area contributed by atoms with Crippen molar-refractivity contribution in [2.24, 2.45) is 0 Å². The van der Waals surface area contributed by atoms with Crippen LogP contribution < -0.4 is 14.8 Å². The Balaban J connectivity index is 2.25. The zero-order valence-corrected chi connectivity index (χ0v) is 20.5. The fourth-order valence-corrected chi connectivity index (χ4v) is 2.68. The van der Waals surface area contributed by atoms with Crippen LogP contribution in [0.4, 0.5) is 10.5 Å². The Hall–Kier alpha value is -3.59. The molecule has 0 saturated carbocycles. The molecule has 0 aliphatic carbocycles. The first-order chi connectivity index (χ1) is 16.1. The number of anilines is 1. The molecule has 1 aromatic carbocycles. The number of nitrogens with one attached hydrogen (secondary N) is 1. The highest BCUT2D eigenvalue weighted by atomic mass is 16.6. The fraction of sp³-hybridized carbons (Fsp3) is 0.400. The van der Waals surface area contributed by atoms with Crippen molar-refractivity contribution in [1.29, 1.82) is 0 Å². The zero-order valence-electron chi connectivity index (χ0n) is 20.5. The molecule has 184 valence electrons. The Bertz CT molecular complexity index is 1010. The van der Waals surface area contributed by atoms with Gasteiger partial charge in [0.25, 0.3) is 0 Å². The molecule has 34 heavy (non-hydrogen) atoms. The van der Waals surface area contributed by atoms with Gasteiger partial charge in [0, 0.05) is 30.4 Å². The summed E-state index contributed by atoms with van der Waals surface area (Å²) in [6.07, 6.45) is 3.82. The number of hydrogen-bond acceptors (Lipinski definition) is 8. The van der Waals surface area contributed by atoms with Crippen LogP contribution in [0.5, 0.6) is 17.4 Å². The molecule has 2 rings (SSSR count). The lowest BCUT2D eigenvalue weighted by atomic mass is 10.1. The average molecular weight is 473 g/mol. The van der Waals surface area contributed by atoms with Gasteiger partial charge in [0.1, 0.15) is 23.7 Å². The van der Waals surface area contributed by atoms with Gasteiger partial charge in [-0.1, -0.05) is 0 Å². The van der Waals surface area contributed by atoms with E-state index < -0.39 is 17.7 Å². The molecule has 2 aromatic rings. The first-order valence-electron chi connectivity index (χ1n) is 10.9. The third-order valence-corrected chi connectivity index (χ3v) is 4.11. The van der Waals surface area contributed by atoms with Crippen LogP contribution in [0.25, 0.3) is 6.08 Å². The Morgan fingerprint density at radius 2 is 1.91 bits per heavy atom. The number of nitrogens with zero attached hydrogens (tertiary/aromatic N) is 1. The van der Waals surface area contributed by atoms with Crippen LogP contribution in [0.1, 0.15) is 38.8 Å². The van der Waals surface area contributed by atoms with Crippen molar-refractivity contribution in [2.75, 3.05) is 32.2 Å². The summed E-state index contributed by atoms with van der Waals surface area (Å²) in [5, 5.41) is 2.65. The highest BCUT2D eigenvalue weighted by Crippen LogP contribution is 2.32. The first-order valence-corrected chi connectivity index (χ1v) is 10.9. The largest absolute Gasteiger partial charge is 0.491 e. The fourth-order valence-electron chi connectivity index (χ4n) is 2.68. The molecule has 9 nitrogen and oxygen atoms in total. The number of aromatic nitrogens is 1. The summed E-state index contributed by atoms with van der Waals surface area (Å²) < 4.78 is 26.9. The monoisotopic (exact) mass is 472 g/mol. The second-order valence-electron chi connectivity index (χ2n) is 8.20. The number of carbonyl (C=O) groups excluding carboxylic acids is 2. The minimum Gasteiger partial charge on any atom is -0.491 e. The zero-order chi connectivity index (χ0) is 25.1. The molecule has 1 aromatic heterocycles. The summed E-state index contributed by atoms with van der Waals surface area (Å²) in [4.78, 5) is 28.1. The van der Waals surface area contributed by atoms with E-state index in [0.717, 1.165) is 0 Å². The molecular formula is C25H32N2O7. The predicted molar refractivity (Wildman–Crippen MR) is 128 cm³/mol. The van der Waals surface area contributed by atoms with Gasteiger partial charge < -0.3 is 23.7 Å². The standard InChI is InChI=1S/C25H32N2O7/c1-7-31-22(28)11-9-18-8-10-20(32-13-12-30-6)15-21(18)33-23-17(2)14-19(16-26-23)27-24(29)34-25(3,4)5/h8-11,14-16H,7,12-13H2,1-6H3,(H,27,29). The molecule has 1 amide bonds. The lowest BCUT2D eigenvalue weighted by molar-refractivity contribution is -0.137. The van der Waals surface area contributed by atoms with Crippen molar-refractivity contribution in [3.8, 4) is 17.4 Å². The molecular weight excluding hydrogens is 440 g/mol. The number of benzene rings is 1. The number of methoxy groups -OCH3 is 1. The number of aryl methyl sites for hydroxylation is 1. The van der Waals surface area contributed by atoms with Gasteiger partial charge in [0.2, 0.25) is 5.88 Å². The molecule has 0 saturated heterocycles. The van der Waals surface area contributed by atoms with Gasteiger partial charge in [-0.25, -0.2) is 14.6 Å². The van der Waals surface area contributed by atoms with Crippen molar-refractivity contribution in [1.82, 2.24) is 4.98 Å². The van der Waals surface area contributed by atoms with Gasteiger partial charge in [0.05, 0.1) is 25.1 Å². The number of carbonyl (C=O) groups is 2. The van der Waals surface area contributed by atoms with E-state index in [1.165, 1.54) is 12.3 Å². The quantitative estimate of drug-likeness (QED) is 0.288. The summed E-state index contributed by atoms with van der Waals surface area (Å²) in [5.74, 6) is 0.871. The molecule has 0 unspecified atom stereocenters. The average Bonchev–Trinajstić information content (AvgIpc) is 2.74. The second kappa shape index (κ2) is 12.6. The van der Waals surface area contributed by atoms with Crippen molar-refractivity contribution >= 4 is 23.8 Å². The van der Waals surface area contributed by atoms with Crippen LogP contribution in [-0.2, 0) is 19.0 Å². The lowest BCUT2D eigenvalue weighted by Crippen LogP contribution is -2.27. The van der Waals surface area contributed by atoms with E-state index in [1.54, 1.807) is 72.1 Å². The Kier molecular flexibility index (Phi) is 9.88. The van der Waals surface area contributed by atoms with Gasteiger partial charge in [-0.05, 0) is 58.9 Å². The van der Waals surface area contributed by atoms with E-state index in [0.29, 0.717) is 47.4 Å². The summed E-state index contributed by atoms with van der Waals surface area (Å²) >= 11 is 0. The summed E-state index contributed by atoms with van der Waals surface area (Å²) in [6.45, 7) is 9.99. The SMILES string of the molecule is CCOC(=O)C=Cc1ccc(OCCOC)cc1Oc1ncc(NC(=O)OC(C)(C)C)cc1C. The summed E-state index contributed by atoms with van der Waals surface area (Å²) in [5.41, 5.74) is 1.17. The Labute approximate surface area is 200 Å². The third-order valence-electron chi connectivity index (χ3n) is 4.11. The Morgan fingerprint density at radius 1 is 1.15 bits per heavy atom. The van der Waals surface area contributed by atoms with E-state index in [2.05, 4.69) is 10.3 Å². The number of pyridine rings is 1. The highest BCUT2D eigenvalue weighted by Gasteiger charge is 2.17. The van der Waals surface area contributed by atoms with E-state index >= 15 is 0 Å². The van der Waals surface area contributed by atoms with E-state index in [-0.39, 0.29) is 6.61 Å². The van der Waals surface area contributed by atoms with Gasteiger partial charge in [-0.2, -0.15) is 0 Å². The van der Waals surface area contributed by atoms with Gasteiger partial charge in [-0.15, -0.1) is 0 Å². The molecule has 0 spiro atoms. The van der Waals surface area contributed by atoms with Crippen molar-refractivity contribution in [2.45, 2.75) is 40.2 Å². The van der Waals surface area contributed by atoms with Gasteiger partial charge in [-0.3, -0.25) is 5.32 Å². The topological polar surface area (TPSA) is 105 Å². The second-order valence-corrected chi connectivity index (χ2v) is 8.20. The maximum atomic E-state index is 12.0. The molecule has 0 aliphatic rings. The molecule has 0 fully saturated rings. The van der Waals surface area contributed by atoms with Gasteiger partial charge >= 0.3 is 12.1 Å². The molecule has 1 heterocycles. The van der Waals surface area contributed by atoms with Crippen LogP contribution in [-0.4, -0.2) is 49.6 Å². The van der Waals surface area contributed by atoms with Crippen LogP contribution in [0.15, 0.2) is 36.5 Å². The summed E-state index contributed by atoms with van der Waals surface area (Å²) in [7, 11) is 1.59. The molecule has 0 aliphatic heterocycles. The van der Waals surface area contributed by atoms with Gasteiger partial charge in [0.15, 0.2) is 0 Å². The number of ether oxygens (including phenoxy) is 5. The number of hydrogen-bond donors (Lipinski definition) is 1. The first kappa shape index (κ1) is 26.7. The molecule has 0 radical (unpaired) electrons. The minimum absolute atomic E-state index is 0.283. The van der Waals surface area contributed by atoms with Crippen LogP contribution in [0.3, 0.4) is 0 Å². The minimum atomic E-state index is -0.612. The highest BCUT2D eigenvalue weighted by molar-refractivity contribution is 5.87. The predicted octanol–water partition coefficient (Wildman–Crippen LogP) is 5.13. The maximum absolute atomic E-state index is 12.0.